The summed E-state index contributed by atoms with van der Waals surface area (Å²) in [4.78, 5) is 55.4. The number of nitrogens with one attached hydrogen (secondary N) is 1. The van der Waals surface area contributed by atoms with E-state index in [-0.39, 0.29) is 18.0 Å². The molecule has 1 N–H and O–H groups in total. The predicted molar refractivity (Wildman–Crippen MR) is 153 cm³/mol. The molecule has 5 rings (SSSR count). The number of carbonyl (C=O) groups is 3. The van der Waals surface area contributed by atoms with Crippen LogP contribution in [0.5, 0.6) is 0 Å². The molecule has 11 heteroatoms. The molecule has 1 aromatic heterocycles. The lowest BCUT2D eigenvalue weighted by molar-refractivity contribution is -0.0596. The van der Waals surface area contributed by atoms with E-state index in [1.807, 2.05) is 0 Å². The molecule has 2 heterocycles. The highest BCUT2D eigenvalue weighted by molar-refractivity contribution is 6.03. The number of carbonyl (C=O) groups excluding carboxylic acids is 3. The van der Waals surface area contributed by atoms with E-state index in [9.17, 15) is 24.4 Å². The number of benzene rings is 3. The highest BCUT2D eigenvalue weighted by atomic mass is 16.6. The van der Waals surface area contributed by atoms with Crippen LogP contribution in [-0.2, 0) is 14.2 Å². The Morgan fingerprint density at radius 1 is 0.907 bits per heavy atom. The van der Waals surface area contributed by atoms with Crippen LogP contribution in [0.15, 0.2) is 108 Å². The third-order valence-electron chi connectivity index (χ3n) is 6.98. The predicted octanol–water partition coefficient (Wildman–Crippen LogP) is 4.01. The van der Waals surface area contributed by atoms with Gasteiger partial charge < -0.3 is 19.5 Å². The molecule has 3 aromatic carbocycles. The monoisotopic (exact) mass is 578 g/mol. The smallest absolute Gasteiger partial charge is 0.351 e. The lowest BCUT2D eigenvalue weighted by Crippen LogP contribution is -2.43. The second-order valence-corrected chi connectivity index (χ2v) is 9.90. The van der Waals surface area contributed by atoms with Crippen LogP contribution in [0.3, 0.4) is 0 Å². The Morgan fingerprint density at radius 2 is 1.47 bits per heavy atom. The van der Waals surface area contributed by atoms with Crippen molar-refractivity contribution in [1.82, 2.24) is 9.55 Å². The van der Waals surface area contributed by atoms with Gasteiger partial charge in [0, 0.05) is 11.8 Å². The zero-order valence-corrected chi connectivity index (χ0v) is 23.0. The lowest BCUT2D eigenvalue weighted by atomic mass is 9.83. The van der Waals surface area contributed by atoms with E-state index in [0.29, 0.717) is 11.1 Å². The molecule has 1 aliphatic rings. The van der Waals surface area contributed by atoms with Crippen LogP contribution in [0, 0.1) is 16.7 Å². The molecular weight excluding hydrogens is 552 g/mol. The van der Waals surface area contributed by atoms with Crippen molar-refractivity contribution in [3.8, 4) is 6.07 Å². The Bertz CT molecular complexity index is 1720. The Hall–Kier alpha value is -5.60. The summed E-state index contributed by atoms with van der Waals surface area (Å²) in [6.45, 7) is 1.11. The van der Waals surface area contributed by atoms with Crippen molar-refractivity contribution < 1.29 is 28.6 Å². The number of esters is 2. The number of hydrogen-bond donors (Lipinski definition) is 1. The molecule has 4 atom stereocenters. The molecule has 1 amide bonds. The van der Waals surface area contributed by atoms with Crippen LogP contribution < -0.4 is 11.0 Å². The molecule has 1 fully saturated rings. The molecule has 1 aliphatic heterocycles. The van der Waals surface area contributed by atoms with Gasteiger partial charge in [-0.2, -0.15) is 10.2 Å². The van der Waals surface area contributed by atoms with Crippen molar-refractivity contribution >= 4 is 23.7 Å². The quantitative estimate of drug-likeness (QED) is 0.306. The molecule has 0 bridgehead atoms. The largest absolute Gasteiger partial charge is 0.459 e. The average molecular weight is 579 g/mol. The summed E-state index contributed by atoms with van der Waals surface area (Å²) in [5, 5.41) is 12.9. The third kappa shape index (κ3) is 6.19. The molecule has 216 valence electrons. The second kappa shape index (κ2) is 12.5. The van der Waals surface area contributed by atoms with E-state index >= 15 is 0 Å². The molecule has 1 saturated heterocycles. The van der Waals surface area contributed by atoms with Crippen molar-refractivity contribution in [3.05, 3.63) is 130 Å². The molecule has 0 radical (unpaired) electrons. The first-order valence-corrected chi connectivity index (χ1v) is 13.3. The van der Waals surface area contributed by atoms with E-state index < -0.39 is 47.4 Å². The van der Waals surface area contributed by atoms with Gasteiger partial charge in [0.05, 0.1) is 17.2 Å². The molecule has 4 aromatic rings. The van der Waals surface area contributed by atoms with Crippen molar-refractivity contribution in [2.24, 2.45) is 5.41 Å². The Kier molecular flexibility index (Phi) is 8.41. The van der Waals surface area contributed by atoms with Gasteiger partial charge in [-0.25, -0.2) is 14.4 Å². The number of nitrogens with zero attached hydrogens (tertiary/aromatic N) is 3. The van der Waals surface area contributed by atoms with Crippen LogP contribution >= 0.6 is 0 Å². The van der Waals surface area contributed by atoms with Crippen molar-refractivity contribution in [2.75, 3.05) is 11.9 Å². The van der Waals surface area contributed by atoms with Crippen molar-refractivity contribution in [2.45, 2.75) is 25.4 Å². The first kappa shape index (κ1) is 28.9. The van der Waals surface area contributed by atoms with Crippen LogP contribution in [0.2, 0.25) is 0 Å². The van der Waals surface area contributed by atoms with Gasteiger partial charge in [0.1, 0.15) is 23.9 Å². The van der Waals surface area contributed by atoms with Gasteiger partial charge in [0.15, 0.2) is 12.3 Å². The molecular formula is C32H26N4O7. The van der Waals surface area contributed by atoms with E-state index in [1.165, 1.54) is 19.2 Å². The second-order valence-electron chi connectivity index (χ2n) is 9.90. The van der Waals surface area contributed by atoms with E-state index in [2.05, 4.69) is 16.4 Å². The Morgan fingerprint density at radius 3 is 2.02 bits per heavy atom. The number of ether oxygens (including phenoxy) is 3. The number of rotatable bonds is 8. The number of amides is 1. The van der Waals surface area contributed by atoms with Gasteiger partial charge >= 0.3 is 17.6 Å². The third-order valence-corrected chi connectivity index (χ3v) is 6.98. The fraction of sp³-hybridized carbons (Fsp3) is 0.188. The van der Waals surface area contributed by atoms with Crippen molar-refractivity contribution in [1.29, 1.82) is 5.26 Å². The summed E-state index contributed by atoms with van der Waals surface area (Å²) in [7, 11) is 0. The minimum atomic E-state index is -1.62. The van der Waals surface area contributed by atoms with Crippen LogP contribution in [0.25, 0.3) is 0 Å². The SMILES string of the molecule is C[C@]1(C#N)C(n2ccc(NC(=O)c3ccccc3)nc2=O)O[C@H](COC(=O)c2ccccc2)[C@H]1OC(=O)c1ccccc1. The summed E-state index contributed by atoms with van der Waals surface area (Å²) >= 11 is 0. The molecule has 0 aliphatic carbocycles. The van der Waals surface area contributed by atoms with Crippen molar-refractivity contribution in [3.63, 3.8) is 0 Å². The molecule has 0 saturated carbocycles. The number of aromatic nitrogens is 2. The topological polar surface area (TPSA) is 150 Å². The summed E-state index contributed by atoms with van der Waals surface area (Å²) in [5.74, 6) is -1.83. The maximum atomic E-state index is 13.2. The molecule has 11 nitrogen and oxygen atoms in total. The van der Waals surface area contributed by atoms with E-state index in [1.54, 1.807) is 91.0 Å². The maximum Gasteiger partial charge on any atom is 0.351 e. The summed E-state index contributed by atoms with van der Waals surface area (Å²) in [6.07, 6.45) is -2.32. The van der Waals surface area contributed by atoms with Gasteiger partial charge in [-0.05, 0) is 49.4 Å². The normalized spacial score (nSPS) is 20.9. The Balaban J connectivity index is 1.42. The number of hydrogen-bond acceptors (Lipinski definition) is 9. The molecule has 43 heavy (non-hydrogen) atoms. The standard InChI is InChI=1S/C32H26N4O7/c1-32(20-33)26(43-29(39)23-15-9-4-10-16-23)24(19-41-28(38)22-13-7-3-8-14-22)42-30(32)36-18-17-25(35-31(36)40)34-27(37)21-11-5-2-6-12-21/h2-18,24,26,30H,19H2,1H3,(H,34,35,37,40)/t24-,26-,30?,32-/m1/s1. The van der Waals surface area contributed by atoms with Gasteiger partial charge in [-0.15, -0.1) is 0 Å². The summed E-state index contributed by atoms with van der Waals surface area (Å²) in [6, 6.07) is 28.4. The first-order valence-electron chi connectivity index (χ1n) is 13.3. The zero-order valence-electron chi connectivity index (χ0n) is 23.0. The molecule has 1 unspecified atom stereocenters. The van der Waals surface area contributed by atoms with E-state index in [4.69, 9.17) is 14.2 Å². The zero-order chi connectivity index (χ0) is 30.4. The van der Waals surface area contributed by atoms with E-state index in [0.717, 1.165) is 4.57 Å². The van der Waals surface area contributed by atoms with Gasteiger partial charge in [-0.3, -0.25) is 9.36 Å². The van der Waals surface area contributed by atoms with Crippen LogP contribution in [0.4, 0.5) is 5.82 Å². The summed E-state index contributed by atoms with van der Waals surface area (Å²) < 4.78 is 18.5. The maximum absolute atomic E-state index is 13.2. The Labute approximate surface area is 246 Å². The summed E-state index contributed by atoms with van der Waals surface area (Å²) in [5.41, 5.74) is -1.53. The fourth-order valence-electron chi connectivity index (χ4n) is 4.72. The number of nitriles is 1. The lowest BCUT2D eigenvalue weighted by Gasteiger charge is -2.28. The van der Waals surface area contributed by atoms with Crippen LogP contribution in [-0.4, -0.2) is 46.2 Å². The highest BCUT2D eigenvalue weighted by Gasteiger charge is 2.58. The molecule has 0 spiro atoms. The minimum absolute atomic E-state index is 0.00726. The first-order chi connectivity index (χ1) is 20.8. The van der Waals surface area contributed by atoms with Gasteiger partial charge in [-0.1, -0.05) is 54.6 Å². The minimum Gasteiger partial charge on any atom is -0.459 e. The average Bonchev–Trinajstić information content (AvgIpc) is 3.32. The van der Waals surface area contributed by atoms with Gasteiger partial charge in [0.2, 0.25) is 0 Å². The van der Waals surface area contributed by atoms with Crippen LogP contribution in [0.1, 0.15) is 44.2 Å². The fourth-order valence-corrected chi connectivity index (χ4v) is 4.72. The van der Waals surface area contributed by atoms with Gasteiger partial charge in [0.25, 0.3) is 5.91 Å². The highest BCUT2D eigenvalue weighted by Crippen LogP contribution is 2.46. The number of anilines is 1.